The zero-order chi connectivity index (χ0) is 19.2. The average molecular weight is 370 g/mol. The highest BCUT2D eigenvalue weighted by atomic mass is 16.2. The summed E-state index contributed by atoms with van der Waals surface area (Å²) in [7, 11) is 3.30. The third-order valence-electron chi connectivity index (χ3n) is 4.79. The van der Waals surface area contributed by atoms with Crippen molar-refractivity contribution in [2.45, 2.75) is 25.3 Å². The van der Waals surface area contributed by atoms with Crippen LogP contribution in [0.15, 0.2) is 36.9 Å². The molecule has 0 aromatic carbocycles. The molecule has 3 rings (SSSR count). The lowest BCUT2D eigenvalue weighted by atomic mass is 9.97. The average Bonchev–Trinajstić information content (AvgIpc) is 3.14. The number of nitrogens with one attached hydrogen (secondary N) is 1. The Morgan fingerprint density at radius 1 is 1.26 bits per heavy atom. The number of carbonyl (C=O) groups is 2. The molecule has 144 valence electrons. The lowest BCUT2D eigenvalue weighted by Gasteiger charge is -2.33. The Kier molecular flexibility index (Phi) is 6.05. The molecule has 0 radical (unpaired) electrons. The molecule has 1 atom stereocenters. The summed E-state index contributed by atoms with van der Waals surface area (Å²) in [5, 5.41) is 2.64. The largest absolute Gasteiger partial charge is 0.340 e. The first kappa shape index (κ1) is 18.9. The molecular weight excluding hydrogens is 344 g/mol. The predicted molar refractivity (Wildman–Crippen MR) is 101 cm³/mol. The van der Waals surface area contributed by atoms with Crippen molar-refractivity contribution in [2.24, 2.45) is 0 Å². The third-order valence-corrected chi connectivity index (χ3v) is 4.79. The highest BCUT2D eigenvalue weighted by Crippen LogP contribution is 2.26. The molecule has 8 nitrogen and oxygen atoms in total. The number of piperidine rings is 1. The highest BCUT2D eigenvalue weighted by Gasteiger charge is 2.27. The van der Waals surface area contributed by atoms with Crippen LogP contribution >= 0.6 is 0 Å². The van der Waals surface area contributed by atoms with E-state index in [-0.39, 0.29) is 24.4 Å². The van der Waals surface area contributed by atoms with Crippen LogP contribution in [0.5, 0.6) is 0 Å². The third kappa shape index (κ3) is 4.84. The standard InChI is InChI=1S/C19H26N6O2/c1-23(2)19(27)22-12-17(26)24-10-3-4-16(14-24)18-21-9-11-25(18)13-15-5-7-20-8-6-15/h5-9,11,16H,3-4,10,12-14H2,1-2H3,(H,22,27)/t16-/m0/s1. The van der Waals surface area contributed by atoms with Gasteiger partial charge in [-0.15, -0.1) is 0 Å². The Labute approximate surface area is 159 Å². The first-order valence-corrected chi connectivity index (χ1v) is 9.17. The molecule has 0 saturated carbocycles. The second-order valence-electron chi connectivity index (χ2n) is 7.00. The fraction of sp³-hybridized carbons (Fsp3) is 0.474. The van der Waals surface area contributed by atoms with Crippen LogP contribution in [0.4, 0.5) is 4.79 Å². The maximum atomic E-state index is 12.5. The van der Waals surface area contributed by atoms with Gasteiger partial charge in [0.2, 0.25) is 5.91 Å². The number of hydrogen-bond acceptors (Lipinski definition) is 4. The van der Waals surface area contributed by atoms with Crippen molar-refractivity contribution in [1.29, 1.82) is 0 Å². The van der Waals surface area contributed by atoms with Gasteiger partial charge in [-0.3, -0.25) is 9.78 Å². The van der Waals surface area contributed by atoms with E-state index in [1.807, 2.05) is 29.4 Å². The first-order valence-electron chi connectivity index (χ1n) is 9.17. The molecule has 2 aromatic heterocycles. The number of amides is 3. The summed E-state index contributed by atoms with van der Waals surface area (Å²) in [6.45, 7) is 2.11. The van der Waals surface area contributed by atoms with Gasteiger partial charge in [0, 0.05) is 64.4 Å². The number of pyridine rings is 1. The summed E-state index contributed by atoms with van der Waals surface area (Å²) in [5.74, 6) is 1.15. The zero-order valence-electron chi connectivity index (χ0n) is 15.8. The number of aromatic nitrogens is 3. The number of imidazole rings is 1. The molecule has 1 saturated heterocycles. The minimum absolute atomic E-state index is 0.0230. The number of rotatable bonds is 5. The summed E-state index contributed by atoms with van der Waals surface area (Å²) in [6.07, 6.45) is 9.30. The van der Waals surface area contributed by atoms with Crippen molar-refractivity contribution in [3.8, 4) is 0 Å². The van der Waals surface area contributed by atoms with Crippen LogP contribution < -0.4 is 5.32 Å². The van der Waals surface area contributed by atoms with E-state index in [4.69, 9.17) is 0 Å². The van der Waals surface area contributed by atoms with Crippen LogP contribution in [-0.2, 0) is 11.3 Å². The van der Waals surface area contributed by atoms with Crippen molar-refractivity contribution in [2.75, 3.05) is 33.7 Å². The molecule has 1 aliphatic heterocycles. The molecule has 0 bridgehead atoms. The number of likely N-dealkylation sites (tertiary alicyclic amines) is 1. The topological polar surface area (TPSA) is 83.4 Å². The van der Waals surface area contributed by atoms with E-state index in [1.165, 1.54) is 10.5 Å². The molecule has 8 heteroatoms. The summed E-state index contributed by atoms with van der Waals surface area (Å²) in [6, 6.07) is 3.73. The quantitative estimate of drug-likeness (QED) is 0.860. The van der Waals surface area contributed by atoms with Crippen LogP contribution in [0.25, 0.3) is 0 Å². The lowest BCUT2D eigenvalue weighted by Crippen LogP contribution is -2.46. The molecule has 27 heavy (non-hydrogen) atoms. The Morgan fingerprint density at radius 2 is 2.04 bits per heavy atom. The summed E-state index contributed by atoms with van der Waals surface area (Å²) in [4.78, 5) is 36.0. The SMILES string of the molecule is CN(C)C(=O)NCC(=O)N1CCC[C@H](c2nccn2Cc2ccncc2)C1. The van der Waals surface area contributed by atoms with Crippen LogP contribution in [-0.4, -0.2) is 70.0 Å². The Balaban J connectivity index is 1.62. The van der Waals surface area contributed by atoms with Gasteiger partial charge in [-0.1, -0.05) is 0 Å². The molecule has 3 heterocycles. The van der Waals surface area contributed by atoms with Crippen LogP contribution in [0.1, 0.15) is 30.1 Å². The van der Waals surface area contributed by atoms with Crippen LogP contribution in [0.2, 0.25) is 0 Å². The van der Waals surface area contributed by atoms with Gasteiger partial charge < -0.3 is 19.7 Å². The molecular formula is C19H26N6O2. The van der Waals surface area contributed by atoms with E-state index in [2.05, 4.69) is 19.9 Å². The van der Waals surface area contributed by atoms with Gasteiger partial charge in [-0.2, -0.15) is 0 Å². The second-order valence-corrected chi connectivity index (χ2v) is 7.00. The minimum Gasteiger partial charge on any atom is -0.340 e. The van der Waals surface area contributed by atoms with E-state index < -0.39 is 0 Å². The monoisotopic (exact) mass is 370 g/mol. The van der Waals surface area contributed by atoms with Gasteiger partial charge in [0.05, 0.1) is 6.54 Å². The number of carbonyl (C=O) groups excluding carboxylic acids is 2. The normalized spacial score (nSPS) is 16.8. The zero-order valence-corrected chi connectivity index (χ0v) is 15.8. The van der Waals surface area contributed by atoms with E-state index in [9.17, 15) is 9.59 Å². The molecule has 1 fully saturated rings. The van der Waals surface area contributed by atoms with E-state index in [1.54, 1.807) is 26.5 Å². The smallest absolute Gasteiger partial charge is 0.317 e. The van der Waals surface area contributed by atoms with Gasteiger partial charge in [0.1, 0.15) is 5.82 Å². The summed E-state index contributed by atoms with van der Waals surface area (Å²) in [5.41, 5.74) is 1.17. The van der Waals surface area contributed by atoms with E-state index in [0.717, 1.165) is 31.8 Å². The maximum absolute atomic E-state index is 12.5. The van der Waals surface area contributed by atoms with Crippen molar-refractivity contribution in [1.82, 2.24) is 29.7 Å². The van der Waals surface area contributed by atoms with Crippen LogP contribution in [0.3, 0.4) is 0 Å². The van der Waals surface area contributed by atoms with Gasteiger partial charge in [-0.05, 0) is 30.5 Å². The highest BCUT2D eigenvalue weighted by molar-refractivity contribution is 5.83. The molecule has 2 aromatic rings. The van der Waals surface area contributed by atoms with Gasteiger partial charge in [0.15, 0.2) is 0 Å². The van der Waals surface area contributed by atoms with Crippen LogP contribution in [0, 0.1) is 0 Å². The summed E-state index contributed by atoms with van der Waals surface area (Å²) < 4.78 is 2.14. The molecule has 0 spiro atoms. The lowest BCUT2D eigenvalue weighted by molar-refractivity contribution is -0.131. The fourth-order valence-corrected chi connectivity index (χ4v) is 3.33. The van der Waals surface area contributed by atoms with Gasteiger partial charge in [-0.25, -0.2) is 9.78 Å². The van der Waals surface area contributed by atoms with Crippen molar-refractivity contribution in [3.63, 3.8) is 0 Å². The molecule has 0 unspecified atom stereocenters. The predicted octanol–water partition coefficient (Wildman–Crippen LogP) is 1.30. The first-order chi connectivity index (χ1) is 13.0. The van der Waals surface area contributed by atoms with E-state index >= 15 is 0 Å². The number of hydrogen-bond donors (Lipinski definition) is 1. The maximum Gasteiger partial charge on any atom is 0.317 e. The molecule has 0 aliphatic carbocycles. The van der Waals surface area contributed by atoms with Crippen molar-refractivity contribution in [3.05, 3.63) is 48.3 Å². The van der Waals surface area contributed by atoms with Gasteiger partial charge >= 0.3 is 6.03 Å². The second kappa shape index (κ2) is 8.66. The van der Waals surface area contributed by atoms with Gasteiger partial charge in [0.25, 0.3) is 0 Å². The number of urea groups is 1. The Morgan fingerprint density at radius 3 is 2.78 bits per heavy atom. The molecule has 3 amide bonds. The van der Waals surface area contributed by atoms with Crippen molar-refractivity contribution < 1.29 is 9.59 Å². The Bertz CT molecular complexity index is 774. The molecule has 1 aliphatic rings. The Hall–Kier alpha value is -2.90. The summed E-state index contributed by atoms with van der Waals surface area (Å²) >= 11 is 0. The minimum atomic E-state index is -0.259. The molecule has 1 N–H and O–H groups in total. The fourth-order valence-electron chi connectivity index (χ4n) is 3.33. The number of nitrogens with zero attached hydrogens (tertiary/aromatic N) is 5. The van der Waals surface area contributed by atoms with Crippen molar-refractivity contribution >= 4 is 11.9 Å². The van der Waals surface area contributed by atoms with E-state index in [0.29, 0.717) is 6.54 Å².